The second kappa shape index (κ2) is 9.09. The predicted molar refractivity (Wildman–Crippen MR) is 125 cm³/mol. The number of hydrogen-bond donors (Lipinski definition) is 4. The second-order valence-corrected chi connectivity index (χ2v) is 7.76. The first kappa shape index (κ1) is 22.0. The van der Waals surface area contributed by atoms with Crippen molar-refractivity contribution in [1.82, 2.24) is 15.2 Å². The summed E-state index contributed by atoms with van der Waals surface area (Å²) in [5, 5.41) is 21.6. The number of aromatic nitrogens is 1. The maximum Gasteiger partial charge on any atom is 0.339 e. The van der Waals surface area contributed by atoms with Gasteiger partial charge in [-0.25, -0.2) is 4.79 Å². The van der Waals surface area contributed by atoms with Crippen molar-refractivity contribution in [3.05, 3.63) is 83.1 Å². The molecule has 0 saturated carbocycles. The van der Waals surface area contributed by atoms with Gasteiger partial charge < -0.3 is 15.2 Å². The lowest BCUT2D eigenvalue weighted by atomic mass is 10.1. The molecule has 8 nitrogen and oxygen atoms in total. The van der Waals surface area contributed by atoms with E-state index in [4.69, 9.17) is 17.3 Å². The van der Waals surface area contributed by atoms with E-state index in [9.17, 15) is 19.5 Å². The third-order valence-corrected chi connectivity index (χ3v) is 5.52. The number of H-pyrrole nitrogens is 1. The number of carboxylic acid groups (broad SMARTS) is 1. The zero-order chi connectivity index (χ0) is 23.5. The summed E-state index contributed by atoms with van der Waals surface area (Å²) in [6.07, 6.45) is 2.02. The van der Waals surface area contributed by atoms with Crippen LogP contribution in [0.5, 0.6) is 5.75 Å². The second-order valence-electron chi connectivity index (χ2n) is 7.37. The summed E-state index contributed by atoms with van der Waals surface area (Å²) in [6, 6.07) is 17.2. The van der Waals surface area contributed by atoms with Gasteiger partial charge in [0.1, 0.15) is 16.9 Å². The minimum Gasteiger partial charge on any atom is -0.507 e. The fourth-order valence-electron chi connectivity index (χ4n) is 3.48. The number of nitrogens with zero attached hydrogens (tertiary/aromatic N) is 1. The van der Waals surface area contributed by atoms with Crippen LogP contribution in [-0.2, 0) is 16.0 Å². The molecule has 0 atom stereocenters. The van der Waals surface area contributed by atoms with E-state index in [0.717, 1.165) is 5.56 Å². The number of benzene rings is 2. The molecule has 0 radical (unpaired) electrons. The molecule has 1 saturated heterocycles. The predicted octanol–water partition coefficient (Wildman–Crippen LogP) is 2.95. The number of nitrogens with one attached hydrogen (secondary N) is 2. The van der Waals surface area contributed by atoms with Crippen molar-refractivity contribution in [2.75, 3.05) is 6.54 Å². The van der Waals surface area contributed by atoms with Gasteiger partial charge in [0.05, 0.1) is 0 Å². The summed E-state index contributed by atoms with van der Waals surface area (Å²) >= 11 is 5.20. The van der Waals surface area contributed by atoms with Crippen molar-refractivity contribution >= 4 is 41.2 Å². The molecule has 166 valence electrons. The lowest BCUT2D eigenvalue weighted by Gasteiger charge is -2.28. The highest BCUT2D eigenvalue weighted by molar-refractivity contribution is 7.80. The van der Waals surface area contributed by atoms with E-state index in [-0.39, 0.29) is 22.0 Å². The smallest absolute Gasteiger partial charge is 0.339 e. The highest BCUT2D eigenvalue weighted by atomic mass is 32.1. The number of aromatic hydroxyl groups is 1. The lowest BCUT2D eigenvalue weighted by molar-refractivity contribution is -0.128. The summed E-state index contributed by atoms with van der Waals surface area (Å²) in [5.74, 6) is -2.66. The number of aromatic carboxylic acids is 1. The van der Waals surface area contributed by atoms with E-state index in [2.05, 4.69) is 10.3 Å². The zero-order valence-corrected chi connectivity index (χ0v) is 18.1. The third-order valence-electron chi connectivity index (χ3n) is 5.20. The fraction of sp³-hybridized carbons (Fsp3) is 0.0833. The van der Waals surface area contributed by atoms with Crippen LogP contribution in [0.1, 0.15) is 21.6 Å². The standard InChI is InChI=1S/C24H19N3O5S/c28-20-12-15(6-8-17(20)23(31)32)19-9-7-16(25-19)13-18-21(29)26-24(33)27(22(18)30)11-10-14-4-2-1-3-5-14/h1-9,12-13,25,28H,10-11H2,(H,31,32)(H,26,29,33). The molecule has 1 fully saturated rings. The lowest BCUT2D eigenvalue weighted by Crippen LogP contribution is -2.54. The van der Waals surface area contributed by atoms with E-state index in [1.54, 1.807) is 18.2 Å². The Labute approximate surface area is 194 Å². The minimum atomic E-state index is -1.23. The molecule has 0 spiro atoms. The summed E-state index contributed by atoms with van der Waals surface area (Å²) in [7, 11) is 0. The number of rotatable bonds is 6. The minimum absolute atomic E-state index is 0.0610. The maximum atomic E-state index is 13.0. The molecule has 2 heterocycles. The Hall–Kier alpha value is -4.24. The molecule has 1 aromatic heterocycles. The van der Waals surface area contributed by atoms with Gasteiger partial charge in [0.25, 0.3) is 11.8 Å². The van der Waals surface area contributed by atoms with Gasteiger partial charge >= 0.3 is 5.97 Å². The van der Waals surface area contributed by atoms with Crippen LogP contribution in [0.3, 0.4) is 0 Å². The van der Waals surface area contributed by atoms with Crippen LogP contribution in [0.15, 0.2) is 66.2 Å². The summed E-state index contributed by atoms with van der Waals surface area (Å²) in [4.78, 5) is 40.9. The Morgan fingerprint density at radius 1 is 1.06 bits per heavy atom. The van der Waals surface area contributed by atoms with Crippen LogP contribution >= 0.6 is 12.2 Å². The molecule has 1 aliphatic heterocycles. The molecule has 0 aliphatic carbocycles. The van der Waals surface area contributed by atoms with Crippen LogP contribution in [0.4, 0.5) is 0 Å². The van der Waals surface area contributed by atoms with Crippen molar-refractivity contribution in [2.45, 2.75) is 6.42 Å². The molecular formula is C24H19N3O5S. The van der Waals surface area contributed by atoms with Crippen molar-refractivity contribution in [3.8, 4) is 17.0 Å². The summed E-state index contributed by atoms with van der Waals surface area (Å²) in [6.45, 7) is 0.324. The normalized spacial score (nSPS) is 15.1. The van der Waals surface area contributed by atoms with Crippen LogP contribution in [0.2, 0.25) is 0 Å². The number of thiocarbonyl (C=S) groups is 1. The average molecular weight is 461 g/mol. The monoisotopic (exact) mass is 461 g/mol. The van der Waals surface area contributed by atoms with Gasteiger partial charge in [0, 0.05) is 23.5 Å². The number of aromatic amines is 1. The number of carbonyl (C=O) groups excluding carboxylic acids is 2. The van der Waals surface area contributed by atoms with Gasteiger partial charge in [0.2, 0.25) is 0 Å². The van der Waals surface area contributed by atoms with Crippen molar-refractivity contribution in [2.24, 2.45) is 0 Å². The highest BCUT2D eigenvalue weighted by Crippen LogP contribution is 2.27. The summed E-state index contributed by atoms with van der Waals surface area (Å²) < 4.78 is 0. The molecule has 9 heteroatoms. The largest absolute Gasteiger partial charge is 0.507 e. The maximum absolute atomic E-state index is 13.0. The topological polar surface area (TPSA) is 123 Å². The molecule has 1 aliphatic rings. The number of hydrogen-bond acceptors (Lipinski definition) is 5. The number of carboxylic acids is 1. The molecule has 3 aromatic rings. The number of amides is 2. The average Bonchev–Trinajstić information content (AvgIpc) is 3.25. The molecular weight excluding hydrogens is 442 g/mol. The molecule has 0 unspecified atom stereocenters. The van der Waals surface area contributed by atoms with Crippen molar-refractivity contribution in [1.29, 1.82) is 0 Å². The molecule has 4 rings (SSSR count). The Morgan fingerprint density at radius 3 is 2.52 bits per heavy atom. The van der Waals surface area contributed by atoms with Gasteiger partial charge in [-0.2, -0.15) is 0 Å². The first-order valence-corrected chi connectivity index (χ1v) is 10.4. The van der Waals surface area contributed by atoms with Gasteiger partial charge in [-0.3, -0.25) is 19.8 Å². The Morgan fingerprint density at radius 2 is 1.82 bits per heavy atom. The molecule has 2 amide bonds. The fourth-order valence-corrected chi connectivity index (χ4v) is 3.75. The Balaban J connectivity index is 1.55. The van der Waals surface area contributed by atoms with Crippen LogP contribution in [-0.4, -0.2) is 49.5 Å². The molecule has 33 heavy (non-hydrogen) atoms. The number of carbonyl (C=O) groups is 3. The van der Waals surface area contributed by atoms with Gasteiger partial charge in [-0.1, -0.05) is 36.4 Å². The van der Waals surface area contributed by atoms with Gasteiger partial charge in [0.15, 0.2) is 5.11 Å². The van der Waals surface area contributed by atoms with Crippen LogP contribution < -0.4 is 5.32 Å². The van der Waals surface area contributed by atoms with E-state index in [1.165, 1.54) is 23.1 Å². The van der Waals surface area contributed by atoms with Gasteiger partial charge in [-0.05, 0) is 54.5 Å². The van der Waals surface area contributed by atoms with E-state index >= 15 is 0 Å². The van der Waals surface area contributed by atoms with Crippen molar-refractivity contribution < 1.29 is 24.6 Å². The Bertz CT molecular complexity index is 1300. The zero-order valence-electron chi connectivity index (χ0n) is 17.2. The van der Waals surface area contributed by atoms with Crippen molar-refractivity contribution in [3.63, 3.8) is 0 Å². The van der Waals surface area contributed by atoms with Crippen LogP contribution in [0, 0.1) is 0 Å². The van der Waals surface area contributed by atoms with Crippen LogP contribution in [0.25, 0.3) is 17.3 Å². The number of phenols is 1. The first-order valence-electron chi connectivity index (χ1n) is 10.0. The molecule has 2 aromatic carbocycles. The first-order chi connectivity index (χ1) is 15.8. The quantitative estimate of drug-likeness (QED) is 0.254. The third kappa shape index (κ3) is 4.68. The van der Waals surface area contributed by atoms with E-state index < -0.39 is 17.8 Å². The SMILES string of the molecule is O=C1NC(=S)N(CCc2ccccc2)C(=O)C1=Cc1ccc(-c2ccc(C(=O)O)c(O)c2)[nH]1. The van der Waals surface area contributed by atoms with E-state index in [0.29, 0.717) is 29.9 Å². The Kier molecular flexibility index (Phi) is 6.05. The molecule has 0 bridgehead atoms. The molecule has 4 N–H and O–H groups in total. The van der Waals surface area contributed by atoms with Gasteiger partial charge in [-0.15, -0.1) is 0 Å². The summed E-state index contributed by atoms with van der Waals surface area (Å²) in [5.41, 5.74) is 2.39. The van der Waals surface area contributed by atoms with E-state index in [1.807, 2.05) is 30.3 Å². The highest BCUT2D eigenvalue weighted by Gasteiger charge is 2.33.